The highest BCUT2D eigenvalue weighted by molar-refractivity contribution is 7.99. The number of aromatic nitrogens is 4. The minimum Gasteiger partial charge on any atom is -0.335 e. The first-order valence-corrected chi connectivity index (χ1v) is 9.85. The molecule has 0 saturated carbocycles. The molecule has 0 aliphatic heterocycles. The summed E-state index contributed by atoms with van der Waals surface area (Å²) in [5, 5.41) is 12.6. The summed E-state index contributed by atoms with van der Waals surface area (Å²) in [5.74, 6) is 0.357. The number of thioether (sulfide) groups is 1. The summed E-state index contributed by atoms with van der Waals surface area (Å²) in [7, 11) is 0. The van der Waals surface area contributed by atoms with Crippen LogP contribution in [0, 0.1) is 6.92 Å². The quantitative estimate of drug-likeness (QED) is 0.586. The third-order valence-corrected chi connectivity index (χ3v) is 5.15. The molecule has 1 aromatic heterocycles. The summed E-state index contributed by atoms with van der Waals surface area (Å²) >= 11 is 1.36. The third-order valence-electron chi connectivity index (χ3n) is 4.25. The van der Waals surface area contributed by atoms with Crippen LogP contribution in [0.2, 0.25) is 0 Å². The van der Waals surface area contributed by atoms with Crippen LogP contribution in [0.3, 0.4) is 0 Å². The van der Waals surface area contributed by atoms with Gasteiger partial charge in [-0.1, -0.05) is 60.3 Å². The summed E-state index contributed by atoms with van der Waals surface area (Å²) in [6.45, 7) is 6.67. The zero-order valence-corrected chi connectivity index (χ0v) is 16.6. The molecule has 0 atom stereocenters. The van der Waals surface area contributed by atoms with Crippen LogP contribution in [0.5, 0.6) is 0 Å². The topological polar surface area (TPSA) is 63.9 Å². The minimum absolute atomic E-state index is 0.0678. The molecule has 0 fully saturated rings. The normalized spacial score (nSPS) is 11.0. The summed E-state index contributed by atoms with van der Waals surface area (Å²) in [5.41, 5.74) is 3.11. The van der Waals surface area contributed by atoms with Crippen molar-refractivity contribution in [3.63, 3.8) is 0 Å². The molecule has 3 rings (SSSR count). The first-order valence-electron chi connectivity index (χ1n) is 8.87. The van der Waals surface area contributed by atoms with Gasteiger partial charge in [0.2, 0.25) is 11.1 Å². The van der Waals surface area contributed by atoms with Gasteiger partial charge >= 0.3 is 0 Å². The second-order valence-corrected chi connectivity index (χ2v) is 7.49. The van der Waals surface area contributed by atoms with Crippen molar-refractivity contribution in [2.24, 2.45) is 0 Å². The summed E-state index contributed by atoms with van der Waals surface area (Å²) < 4.78 is 1.68. The van der Waals surface area contributed by atoms with E-state index in [1.165, 1.54) is 11.8 Å². The van der Waals surface area contributed by atoms with Crippen LogP contribution in [0.4, 0.5) is 0 Å². The average Bonchev–Trinajstić information content (AvgIpc) is 3.13. The van der Waals surface area contributed by atoms with E-state index in [0.29, 0.717) is 11.7 Å². The molecular weight excluding hydrogens is 358 g/mol. The number of carbonyl (C=O) groups excluding carboxylic acids is 1. The van der Waals surface area contributed by atoms with Gasteiger partial charge in [0.1, 0.15) is 0 Å². The molecule has 0 aliphatic carbocycles. The molecule has 3 aromatic rings. The Kier molecular flexibility index (Phi) is 6.24. The van der Waals surface area contributed by atoms with Crippen molar-refractivity contribution in [1.29, 1.82) is 0 Å². The van der Waals surface area contributed by atoms with Crippen LogP contribution in [0.1, 0.15) is 25.0 Å². The van der Waals surface area contributed by atoms with Gasteiger partial charge in [0, 0.05) is 12.6 Å². The third kappa shape index (κ3) is 4.74. The first-order chi connectivity index (χ1) is 13.1. The van der Waals surface area contributed by atoms with Gasteiger partial charge in [0.05, 0.1) is 11.4 Å². The van der Waals surface area contributed by atoms with Gasteiger partial charge < -0.3 is 4.90 Å². The van der Waals surface area contributed by atoms with E-state index in [9.17, 15) is 4.79 Å². The van der Waals surface area contributed by atoms with Gasteiger partial charge in [-0.25, -0.2) is 0 Å². The molecule has 0 radical (unpaired) electrons. The highest BCUT2D eigenvalue weighted by atomic mass is 32.2. The summed E-state index contributed by atoms with van der Waals surface area (Å²) in [6, 6.07) is 18.0. The maximum Gasteiger partial charge on any atom is 0.233 e. The average molecular weight is 382 g/mol. The van der Waals surface area contributed by atoms with E-state index >= 15 is 0 Å². The Morgan fingerprint density at radius 2 is 1.81 bits per heavy atom. The van der Waals surface area contributed by atoms with Crippen molar-refractivity contribution in [3.05, 3.63) is 65.7 Å². The molecule has 0 bridgehead atoms. The predicted octanol–water partition coefficient (Wildman–Crippen LogP) is 3.50. The lowest BCUT2D eigenvalue weighted by Crippen LogP contribution is -2.37. The molecule has 2 aromatic carbocycles. The highest BCUT2D eigenvalue weighted by Crippen LogP contribution is 2.21. The predicted molar refractivity (Wildman–Crippen MR) is 107 cm³/mol. The second kappa shape index (κ2) is 8.81. The Morgan fingerprint density at radius 1 is 1.11 bits per heavy atom. The van der Waals surface area contributed by atoms with Gasteiger partial charge in [0.25, 0.3) is 0 Å². The molecule has 0 spiro atoms. The van der Waals surface area contributed by atoms with E-state index in [1.807, 2.05) is 80.3 Å². The molecule has 0 unspecified atom stereocenters. The molecular formula is C20H23N5OS. The zero-order valence-electron chi connectivity index (χ0n) is 15.7. The van der Waals surface area contributed by atoms with E-state index in [4.69, 9.17) is 0 Å². The van der Waals surface area contributed by atoms with Crippen LogP contribution >= 0.6 is 11.8 Å². The Bertz CT molecular complexity index is 894. The van der Waals surface area contributed by atoms with Crippen molar-refractivity contribution in [2.75, 3.05) is 5.75 Å². The standard InChI is InChI=1S/C20H23N5OS/c1-15(2)24(13-17-10-5-4-6-11-17)19(26)14-27-20-21-22-23-25(20)18-12-8-7-9-16(18)3/h4-12,15H,13-14H2,1-3H3. The van der Waals surface area contributed by atoms with E-state index in [2.05, 4.69) is 15.5 Å². The molecule has 7 heteroatoms. The number of benzene rings is 2. The lowest BCUT2D eigenvalue weighted by molar-refractivity contribution is -0.130. The van der Waals surface area contributed by atoms with Crippen LogP contribution in [0.25, 0.3) is 5.69 Å². The minimum atomic E-state index is 0.0678. The smallest absolute Gasteiger partial charge is 0.233 e. The van der Waals surface area contributed by atoms with Crippen molar-refractivity contribution in [3.8, 4) is 5.69 Å². The lowest BCUT2D eigenvalue weighted by atomic mass is 10.2. The monoisotopic (exact) mass is 381 g/mol. The molecule has 0 saturated heterocycles. The van der Waals surface area contributed by atoms with Crippen molar-refractivity contribution < 1.29 is 4.79 Å². The van der Waals surface area contributed by atoms with Crippen LogP contribution in [-0.4, -0.2) is 42.8 Å². The number of para-hydroxylation sites is 1. The van der Waals surface area contributed by atoms with Gasteiger partial charge in [-0.05, 0) is 48.4 Å². The van der Waals surface area contributed by atoms with Crippen LogP contribution < -0.4 is 0 Å². The second-order valence-electron chi connectivity index (χ2n) is 6.55. The van der Waals surface area contributed by atoms with E-state index in [0.717, 1.165) is 16.8 Å². The van der Waals surface area contributed by atoms with Gasteiger partial charge in [0.15, 0.2) is 0 Å². The number of hydrogen-bond donors (Lipinski definition) is 0. The Hall–Kier alpha value is -2.67. The fourth-order valence-electron chi connectivity index (χ4n) is 2.77. The lowest BCUT2D eigenvalue weighted by Gasteiger charge is -2.26. The zero-order chi connectivity index (χ0) is 19.2. The Morgan fingerprint density at radius 3 is 2.52 bits per heavy atom. The SMILES string of the molecule is Cc1ccccc1-n1nnnc1SCC(=O)N(Cc1ccccc1)C(C)C. The number of amides is 1. The number of hydrogen-bond acceptors (Lipinski definition) is 5. The van der Waals surface area contributed by atoms with E-state index in [1.54, 1.807) is 4.68 Å². The number of carbonyl (C=O) groups is 1. The van der Waals surface area contributed by atoms with Crippen molar-refractivity contribution in [1.82, 2.24) is 25.1 Å². The molecule has 1 amide bonds. The van der Waals surface area contributed by atoms with Gasteiger partial charge in [-0.3, -0.25) is 4.79 Å². The number of tetrazole rings is 1. The maximum atomic E-state index is 12.8. The van der Waals surface area contributed by atoms with Gasteiger partial charge in [-0.2, -0.15) is 4.68 Å². The molecule has 0 aliphatic rings. The number of aryl methyl sites for hydroxylation is 1. The Labute approximate surface area is 163 Å². The van der Waals surface area contributed by atoms with E-state index < -0.39 is 0 Å². The van der Waals surface area contributed by atoms with E-state index in [-0.39, 0.29) is 17.7 Å². The first kappa shape index (κ1) is 19.1. The molecule has 0 N–H and O–H groups in total. The molecule has 27 heavy (non-hydrogen) atoms. The largest absolute Gasteiger partial charge is 0.335 e. The Balaban J connectivity index is 1.70. The number of rotatable bonds is 7. The molecule has 140 valence electrons. The van der Waals surface area contributed by atoms with Crippen molar-refractivity contribution in [2.45, 2.75) is 38.5 Å². The summed E-state index contributed by atoms with van der Waals surface area (Å²) in [6.07, 6.45) is 0. The fourth-order valence-corrected chi connectivity index (χ4v) is 3.54. The summed E-state index contributed by atoms with van der Waals surface area (Å²) in [4.78, 5) is 14.7. The van der Waals surface area contributed by atoms with Crippen LogP contribution in [-0.2, 0) is 11.3 Å². The molecule has 6 nitrogen and oxygen atoms in total. The number of nitrogens with zero attached hydrogens (tertiary/aromatic N) is 5. The van der Waals surface area contributed by atoms with Crippen molar-refractivity contribution >= 4 is 17.7 Å². The van der Waals surface area contributed by atoms with Gasteiger partial charge in [-0.15, -0.1) is 5.10 Å². The maximum absolute atomic E-state index is 12.8. The molecule has 1 heterocycles. The fraction of sp³-hybridized carbons (Fsp3) is 0.300. The highest BCUT2D eigenvalue weighted by Gasteiger charge is 2.19. The van der Waals surface area contributed by atoms with Crippen LogP contribution in [0.15, 0.2) is 59.8 Å².